The molecule has 0 amide bonds. The second-order valence-corrected chi connectivity index (χ2v) is 5.75. The first-order valence-corrected chi connectivity index (χ1v) is 7.80. The van der Waals surface area contributed by atoms with E-state index < -0.39 is 5.97 Å². The van der Waals surface area contributed by atoms with Crippen molar-refractivity contribution < 1.29 is 9.90 Å². The van der Waals surface area contributed by atoms with Crippen LogP contribution >= 0.6 is 0 Å². The maximum Gasteiger partial charge on any atom is 0.356 e. The van der Waals surface area contributed by atoms with Crippen molar-refractivity contribution in [3.05, 3.63) is 47.9 Å². The van der Waals surface area contributed by atoms with Crippen LogP contribution in [-0.2, 0) is 0 Å². The molecule has 1 atom stereocenters. The minimum absolute atomic E-state index is 0.0563. The van der Waals surface area contributed by atoms with Crippen molar-refractivity contribution in [3.8, 4) is 0 Å². The third-order valence-electron chi connectivity index (χ3n) is 4.08. The predicted octanol–water partition coefficient (Wildman–Crippen LogP) is 2.95. The van der Waals surface area contributed by atoms with E-state index in [1.807, 2.05) is 0 Å². The van der Waals surface area contributed by atoms with E-state index in [9.17, 15) is 4.79 Å². The Hall–Kier alpha value is -2.63. The van der Waals surface area contributed by atoms with Crippen LogP contribution in [0.15, 0.2) is 36.7 Å². The Morgan fingerprint density at radius 3 is 2.70 bits per heavy atom. The summed E-state index contributed by atoms with van der Waals surface area (Å²) in [6.07, 6.45) is 5.22. The first-order chi connectivity index (χ1) is 11.1. The fourth-order valence-corrected chi connectivity index (χ4v) is 2.78. The van der Waals surface area contributed by atoms with Crippen molar-refractivity contribution in [1.82, 2.24) is 9.97 Å². The van der Waals surface area contributed by atoms with Gasteiger partial charge in [0.1, 0.15) is 5.82 Å². The van der Waals surface area contributed by atoms with Gasteiger partial charge in [-0.2, -0.15) is 0 Å². The van der Waals surface area contributed by atoms with Gasteiger partial charge in [-0.05, 0) is 37.5 Å². The van der Waals surface area contributed by atoms with Gasteiger partial charge in [0.2, 0.25) is 0 Å². The molecule has 1 aromatic carbocycles. The third-order valence-corrected chi connectivity index (χ3v) is 4.08. The van der Waals surface area contributed by atoms with Gasteiger partial charge in [0, 0.05) is 18.8 Å². The molecule has 1 aliphatic rings. The fraction of sp³-hybridized carbons (Fsp3) is 0.353. The highest BCUT2D eigenvalue weighted by Crippen LogP contribution is 2.25. The highest BCUT2D eigenvalue weighted by atomic mass is 16.4. The molecule has 6 nitrogen and oxygen atoms in total. The van der Waals surface area contributed by atoms with Gasteiger partial charge < -0.3 is 15.3 Å². The minimum Gasteiger partial charge on any atom is -0.476 e. The van der Waals surface area contributed by atoms with Gasteiger partial charge in [0.05, 0.1) is 18.4 Å². The molecular formula is C17H20N4O2. The summed E-state index contributed by atoms with van der Waals surface area (Å²) in [7, 11) is 0. The van der Waals surface area contributed by atoms with Crippen LogP contribution in [0.25, 0.3) is 0 Å². The largest absolute Gasteiger partial charge is 0.476 e. The molecule has 1 saturated heterocycles. The lowest BCUT2D eigenvalue weighted by Crippen LogP contribution is -2.18. The molecule has 0 spiro atoms. The highest BCUT2D eigenvalue weighted by molar-refractivity contribution is 5.84. The molecule has 1 unspecified atom stereocenters. The summed E-state index contributed by atoms with van der Waals surface area (Å²) in [5.74, 6) is -0.510. The molecule has 3 rings (SSSR count). The summed E-state index contributed by atoms with van der Waals surface area (Å²) < 4.78 is 0. The Labute approximate surface area is 135 Å². The first kappa shape index (κ1) is 15.3. The Bertz CT molecular complexity index is 681. The van der Waals surface area contributed by atoms with Gasteiger partial charge in [-0.25, -0.2) is 14.8 Å². The number of anilines is 2. The van der Waals surface area contributed by atoms with Crippen molar-refractivity contribution in [2.45, 2.75) is 25.8 Å². The topological polar surface area (TPSA) is 78.3 Å². The van der Waals surface area contributed by atoms with Crippen LogP contribution in [0.4, 0.5) is 11.5 Å². The van der Waals surface area contributed by atoms with Crippen LogP contribution in [0.5, 0.6) is 0 Å². The van der Waals surface area contributed by atoms with Crippen LogP contribution in [-0.4, -0.2) is 34.1 Å². The standard InChI is InChI=1S/C17H20N4O2/c1-12(20-16-11-18-15(10-19-16)17(22)23)13-5-4-6-14(9-13)21-7-2-3-8-21/h4-6,9-12H,2-3,7-8H2,1H3,(H,19,20)(H,22,23). The average molecular weight is 312 g/mol. The van der Waals surface area contributed by atoms with Gasteiger partial charge in [-0.1, -0.05) is 12.1 Å². The van der Waals surface area contributed by atoms with E-state index in [4.69, 9.17) is 5.11 Å². The van der Waals surface area contributed by atoms with Gasteiger partial charge in [0.15, 0.2) is 5.69 Å². The molecule has 0 saturated carbocycles. The number of carbonyl (C=O) groups is 1. The molecule has 6 heteroatoms. The predicted molar refractivity (Wildman–Crippen MR) is 88.9 cm³/mol. The molecule has 2 N–H and O–H groups in total. The van der Waals surface area contributed by atoms with E-state index in [1.54, 1.807) is 0 Å². The minimum atomic E-state index is -1.07. The second kappa shape index (κ2) is 6.64. The fourth-order valence-electron chi connectivity index (χ4n) is 2.78. The molecule has 1 fully saturated rings. The average Bonchev–Trinajstić information content (AvgIpc) is 3.10. The molecule has 120 valence electrons. The molecule has 1 aromatic heterocycles. The van der Waals surface area contributed by atoms with Crippen molar-refractivity contribution in [2.24, 2.45) is 0 Å². The number of benzene rings is 1. The molecule has 0 radical (unpaired) electrons. The zero-order valence-corrected chi connectivity index (χ0v) is 13.1. The summed E-state index contributed by atoms with van der Waals surface area (Å²) >= 11 is 0. The van der Waals surface area contributed by atoms with Crippen molar-refractivity contribution in [1.29, 1.82) is 0 Å². The summed E-state index contributed by atoms with van der Waals surface area (Å²) in [6, 6.07) is 8.55. The maximum atomic E-state index is 10.8. The number of carboxylic acid groups (broad SMARTS) is 1. The van der Waals surface area contributed by atoms with Crippen LogP contribution < -0.4 is 10.2 Å². The molecule has 2 heterocycles. The van der Waals surface area contributed by atoms with Crippen LogP contribution in [0, 0.1) is 0 Å². The second-order valence-electron chi connectivity index (χ2n) is 5.75. The Balaban J connectivity index is 1.71. The van der Waals surface area contributed by atoms with Crippen molar-refractivity contribution in [2.75, 3.05) is 23.3 Å². The van der Waals surface area contributed by atoms with Gasteiger partial charge in [-0.15, -0.1) is 0 Å². The Kier molecular flexibility index (Phi) is 4.41. The quantitative estimate of drug-likeness (QED) is 0.884. The van der Waals surface area contributed by atoms with Crippen LogP contribution in [0.1, 0.15) is 41.9 Å². The van der Waals surface area contributed by atoms with Gasteiger partial charge in [0.25, 0.3) is 0 Å². The molecular weight excluding hydrogens is 292 g/mol. The molecule has 0 bridgehead atoms. The van der Waals surface area contributed by atoms with Crippen LogP contribution in [0.2, 0.25) is 0 Å². The van der Waals surface area contributed by atoms with E-state index in [1.165, 1.54) is 36.5 Å². The Morgan fingerprint density at radius 2 is 2.04 bits per heavy atom. The highest BCUT2D eigenvalue weighted by Gasteiger charge is 2.14. The lowest BCUT2D eigenvalue weighted by molar-refractivity contribution is 0.0690. The zero-order valence-electron chi connectivity index (χ0n) is 13.1. The summed E-state index contributed by atoms with van der Waals surface area (Å²) in [4.78, 5) is 21.2. The molecule has 23 heavy (non-hydrogen) atoms. The SMILES string of the molecule is CC(Nc1cnc(C(=O)O)cn1)c1cccc(N2CCCC2)c1. The maximum absolute atomic E-state index is 10.8. The number of nitrogens with one attached hydrogen (secondary N) is 1. The number of hydrogen-bond acceptors (Lipinski definition) is 5. The number of aromatic nitrogens is 2. The monoisotopic (exact) mass is 312 g/mol. The smallest absolute Gasteiger partial charge is 0.356 e. The first-order valence-electron chi connectivity index (χ1n) is 7.80. The Morgan fingerprint density at radius 1 is 1.26 bits per heavy atom. The summed E-state index contributed by atoms with van der Waals surface area (Å²) in [5, 5.41) is 12.1. The molecule has 2 aromatic rings. The number of hydrogen-bond donors (Lipinski definition) is 2. The van der Waals surface area contributed by atoms with E-state index in [0.29, 0.717) is 5.82 Å². The number of rotatable bonds is 5. The summed E-state index contributed by atoms with van der Waals surface area (Å²) in [5.41, 5.74) is 2.36. The van der Waals surface area contributed by atoms with Crippen molar-refractivity contribution >= 4 is 17.5 Å². The molecule has 0 aliphatic carbocycles. The van der Waals surface area contributed by atoms with E-state index >= 15 is 0 Å². The van der Waals surface area contributed by atoms with E-state index in [2.05, 4.69) is 51.4 Å². The lowest BCUT2D eigenvalue weighted by Gasteiger charge is -2.21. The van der Waals surface area contributed by atoms with E-state index in [-0.39, 0.29) is 11.7 Å². The van der Waals surface area contributed by atoms with Crippen LogP contribution in [0.3, 0.4) is 0 Å². The summed E-state index contributed by atoms with van der Waals surface area (Å²) in [6.45, 7) is 4.29. The van der Waals surface area contributed by atoms with E-state index in [0.717, 1.165) is 13.1 Å². The lowest BCUT2D eigenvalue weighted by atomic mass is 10.1. The number of aromatic carboxylic acids is 1. The normalized spacial score (nSPS) is 15.4. The van der Waals surface area contributed by atoms with Gasteiger partial charge in [-0.3, -0.25) is 0 Å². The number of nitrogens with zero attached hydrogens (tertiary/aromatic N) is 3. The number of carboxylic acids is 1. The van der Waals surface area contributed by atoms with Crippen molar-refractivity contribution in [3.63, 3.8) is 0 Å². The third kappa shape index (κ3) is 3.59. The zero-order chi connectivity index (χ0) is 16.2. The molecule has 1 aliphatic heterocycles. The van der Waals surface area contributed by atoms with Gasteiger partial charge >= 0.3 is 5.97 Å².